The van der Waals surface area contributed by atoms with Gasteiger partial charge in [0.1, 0.15) is 5.15 Å². The first kappa shape index (κ1) is 39.0. The van der Waals surface area contributed by atoms with Gasteiger partial charge in [-0.05, 0) is 52.8 Å². The van der Waals surface area contributed by atoms with Crippen LogP contribution in [0.25, 0.3) is 11.1 Å². The lowest BCUT2D eigenvalue weighted by Crippen LogP contribution is -2.32. The maximum atomic E-state index is 12.7. The van der Waals surface area contributed by atoms with Gasteiger partial charge < -0.3 is 35.5 Å². The fourth-order valence-electron chi connectivity index (χ4n) is 6.53. The molecule has 0 saturated carbocycles. The second-order valence-electron chi connectivity index (χ2n) is 13.4. The number of aliphatic hydroxyl groups is 1. The molecule has 3 atom stereocenters. The standard InChI is InChI=1S/C42H45Cl2N5O5/c43-40-41(44)49(27-47-40)25-33-23-37(30-17-15-28(26-50)16-18-30)54-42(53-33)31-21-19-29(20-22-31)34-10-6-5-9-32(34)24-46-38(51)13-3-1-2-4-14-39(52)48-36-12-8-7-11-35(36)45/h5-12,15-22,27,33,37,42,50H,1-4,13-14,23-26,45H2,(H,46,51)(H,48,52)/t33-,37+,42+/m1/s1. The van der Waals surface area contributed by atoms with Crippen molar-refractivity contribution in [2.45, 2.75) is 83.1 Å². The highest BCUT2D eigenvalue weighted by atomic mass is 35.5. The first-order valence-corrected chi connectivity index (χ1v) is 19.0. The predicted octanol–water partition coefficient (Wildman–Crippen LogP) is 8.77. The number of aromatic nitrogens is 2. The summed E-state index contributed by atoms with van der Waals surface area (Å²) in [5, 5.41) is 16.1. The van der Waals surface area contributed by atoms with Gasteiger partial charge in [0.15, 0.2) is 11.4 Å². The van der Waals surface area contributed by atoms with Crippen molar-refractivity contribution in [3.8, 4) is 11.1 Å². The number of ether oxygens (including phenoxy) is 2. The second-order valence-corrected chi connectivity index (χ2v) is 14.2. The van der Waals surface area contributed by atoms with Gasteiger partial charge in [0.05, 0.1) is 43.1 Å². The number of para-hydroxylation sites is 2. The first-order chi connectivity index (χ1) is 26.3. The maximum Gasteiger partial charge on any atom is 0.224 e. The molecule has 10 nitrogen and oxygen atoms in total. The molecular formula is C42H45Cl2N5O5. The quantitative estimate of drug-likeness (QED) is 0.0581. The van der Waals surface area contributed by atoms with Gasteiger partial charge in [-0.15, -0.1) is 0 Å². The average Bonchev–Trinajstić information content (AvgIpc) is 3.51. The van der Waals surface area contributed by atoms with Crippen LogP contribution in [0.4, 0.5) is 11.4 Å². The molecule has 1 aliphatic heterocycles. The fraction of sp³-hybridized carbons (Fsp3) is 0.310. The summed E-state index contributed by atoms with van der Waals surface area (Å²) < 4.78 is 14.8. The summed E-state index contributed by atoms with van der Waals surface area (Å²) in [6, 6.07) is 31.1. The molecule has 5 N–H and O–H groups in total. The summed E-state index contributed by atoms with van der Waals surface area (Å²) >= 11 is 12.5. The van der Waals surface area contributed by atoms with E-state index in [-0.39, 0.29) is 35.8 Å². The summed E-state index contributed by atoms with van der Waals surface area (Å²) in [5.41, 5.74) is 12.8. The van der Waals surface area contributed by atoms with E-state index in [1.165, 1.54) is 0 Å². The van der Waals surface area contributed by atoms with E-state index in [0.29, 0.717) is 48.9 Å². The monoisotopic (exact) mass is 769 g/mol. The van der Waals surface area contributed by atoms with Crippen LogP contribution in [-0.4, -0.2) is 32.6 Å². The summed E-state index contributed by atoms with van der Waals surface area (Å²) in [5.74, 6) is -0.0599. The molecule has 1 fully saturated rings. The van der Waals surface area contributed by atoms with Gasteiger partial charge >= 0.3 is 0 Å². The van der Waals surface area contributed by atoms with E-state index in [9.17, 15) is 14.7 Å². The minimum Gasteiger partial charge on any atom is -0.397 e. The Balaban J connectivity index is 1.02. The molecule has 0 radical (unpaired) electrons. The van der Waals surface area contributed by atoms with Crippen molar-refractivity contribution in [1.82, 2.24) is 14.9 Å². The van der Waals surface area contributed by atoms with Gasteiger partial charge in [0.2, 0.25) is 11.8 Å². The number of amides is 2. The van der Waals surface area contributed by atoms with Crippen LogP contribution in [0.2, 0.25) is 10.3 Å². The number of imidazole rings is 1. The molecule has 0 unspecified atom stereocenters. The Morgan fingerprint density at radius 2 is 1.52 bits per heavy atom. The van der Waals surface area contributed by atoms with Gasteiger partial charge in [-0.2, -0.15) is 0 Å². The number of aliphatic hydroxyl groups excluding tert-OH is 1. The molecule has 1 aromatic heterocycles. The Morgan fingerprint density at radius 1 is 0.833 bits per heavy atom. The largest absolute Gasteiger partial charge is 0.397 e. The minimum absolute atomic E-state index is 0.00148. The van der Waals surface area contributed by atoms with Crippen molar-refractivity contribution in [1.29, 1.82) is 0 Å². The van der Waals surface area contributed by atoms with Gasteiger partial charge in [0.25, 0.3) is 0 Å². The lowest BCUT2D eigenvalue weighted by atomic mass is 9.97. The number of carbonyl (C=O) groups is 2. The predicted molar refractivity (Wildman–Crippen MR) is 212 cm³/mol. The van der Waals surface area contributed by atoms with Crippen molar-refractivity contribution in [2.75, 3.05) is 11.1 Å². The Bertz CT molecular complexity index is 2000. The molecule has 5 aromatic rings. The highest BCUT2D eigenvalue weighted by Crippen LogP contribution is 2.39. The number of hydrogen-bond donors (Lipinski definition) is 4. The maximum absolute atomic E-state index is 12.7. The molecule has 4 aromatic carbocycles. The van der Waals surface area contributed by atoms with Crippen LogP contribution < -0.4 is 16.4 Å². The molecule has 2 amide bonds. The molecule has 12 heteroatoms. The Kier molecular flexibility index (Phi) is 13.8. The molecule has 282 valence electrons. The van der Waals surface area contributed by atoms with Gasteiger partial charge in [0, 0.05) is 31.4 Å². The van der Waals surface area contributed by atoms with Gasteiger partial charge in [-0.3, -0.25) is 9.59 Å². The van der Waals surface area contributed by atoms with Crippen LogP contribution in [-0.2, 0) is 38.8 Å². The third-order valence-corrected chi connectivity index (χ3v) is 10.3. The third kappa shape index (κ3) is 10.5. The summed E-state index contributed by atoms with van der Waals surface area (Å²) in [4.78, 5) is 29.1. The highest BCUT2D eigenvalue weighted by Gasteiger charge is 2.33. The number of unbranched alkanes of at least 4 members (excludes halogenated alkanes) is 3. The van der Waals surface area contributed by atoms with E-state index in [4.69, 9.17) is 38.4 Å². The normalized spacial score (nSPS) is 16.9. The van der Waals surface area contributed by atoms with Crippen LogP contribution in [0.5, 0.6) is 0 Å². The van der Waals surface area contributed by atoms with Crippen molar-refractivity contribution >= 4 is 46.4 Å². The number of carbonyl (C=O) groups excluding carboxylic acids is 2. The van der Waals surface area contributed by atoms with Crippen molar-refractivity contribution in [3.05, 3.63) is 136 Å². The number of rotatable bonds is 16. The zero-order valence-corrected chi connectivity index (χ0v) is 31.4. The molecule has 0 aliphatic carbocycles. The molecule has 1 aliphatic rings. The summed E-state index contributed by atoms with van der Waals surface area (Å²) in [6.45, 7) is 0.831. The Labute approximate surface area is 325 Å². The number of nitrogens with zero attached hydrogens (tertiary/aromatic N) is 2. The van der Waals surface area contributed by atoms with Gasteiger partial charge in [-0.25, -0.2) is 4.98 Å². The highest BCUT2D eigenvalue weighted by molar-refractivity contribution is 6.40. The number of halogens is 2. The van der Waals surface area contributed by atoms with Crippen LogP contribution in [0.3, 0.4) is 0 Å². The smallest absolute Gasteiger partial charge is 0.224 e. The molecule has 6 rings (SSSR count). The van der Waals surface area contributed by atoms with E-state index >= 15 is 0 Å². The number of nitrogens with two attached hydrogens (primary N) is 1. The minimum atomic E-state index is -0.640. The van der Waals surface area contributed by atoms with Crippen LogP contribution in [0.15, 0.2) is 103 Å². The zero-order valence-electron chi connectivity index (χ0n) is 29.9. The van der Waals surface area contributed by atoms with E-state index in [1.807, 2.05) is 78.9 Å². The Hall–Kier alpha value is -4.71. The number of nitrogen functional groups attached to an aromatic ring is 1. The number of nitrogens with one attached hydrogen (secondary N) is 2. The lowest BCUT2D eigenvalue weighted by molar-refractivity contribution is -0.252. The molecule has 2 heterocycles. The zero-order chi connectivity index (χ0) is 37.9. The van der Waals surface area contributed by atoms with E-state index in [1.54, 1.807) is 23.0 Å². The second kappa shape index (κ2) is 19.1. The van der Waals surface area contributed by atoms with Crippen LogP contribution in [0, 0.1) is 0 Å². The average molecular weight is 771 g/mol. The van der Waals surface area contributed by atoms with Crippen LogP contribution >= 0.6 is 23.2 Å². The number of benzene rings is 4. The lowest BCUT2D eigenvalue weighted by Gasteiger charge is -2.36. The third-order valence-electron chi connectivity index (χ3n) is 9.53. The van der Waals surface area contributed by atoms with Crippen molar-refractivity contribution < 1.29 is 24.2 Å². The summed E-state index contributed by atoms with van der Waals surface area (Å²) in [6.07, 6.45) is 5.14. The van der Waals surface area contributed by atoms with Crippen LogP contribution in [0.1, 0.15) is 79.6 Å². The molecular weight excluding hydrogens is 725 g/mol. The SMILES string of the molecule is Nc1ccccc1NC(=O)CCCCCCC(=O)NCc1ccccc1-c1ccc([C@H]2O[C@@H](Cn3cnc(Cl)c3Cl)C[C@@H](c3ccc(CO)cc3)O2)cc1. The fourth-order valence-corrected chi connectivity index (χ4v) is 6.84. The number of anilines is 2. The van der Waals surface area contributed by atoms with Gasteiger partial charge in [-0.1, -0.05) is 121 Å². The molecule has 54 heavy (non-hydrogen) atoms. The summed E-state index contributed by atoms with van der Waals surface area (Å²) in [7, 11) is 0. The number of hydrogen-bond acceptors (Lipinski definition) is 7. The van der Waals surface area contributed by atoms with E-state index in [0.717, 1.165) is 59.1 Å². The van der Waals surface area contributed by atoms with Crippen molar-refractivity contribution in [2.24, 2.45) is 0 Å². The molecule has 0 spiro atoms. The topological polar surface area (TPSA) is 141 Å². The molecule has 1 saturated heterocycles. The van der Waals surface area contributed by atoms with E-state index < -0.39 is 6.29 Å². The molecule has 0 bridgehead atoms. The Morgan fingerprint density at radius 3 is 2.22 bits per heavy atom. The van der Waals surface area contributed by atoms with Crippen molar-refractivity contribution in [3.63, 3.8) is 0 Å². The first-order valence-electron chi connectivity index (χ1n) is 18.2. The van der Waals surface area contributed by atoms with E-state index in [2.05, 4.69) is 21.7 Å².